The van der Waals surface area contributed by atoms with Gasteiger partial charge in [0.1, 0.15) is 11.7 Å². The van der Waals surface area contributed by atoms with Crippen LogP contribution in [0.2, 0.25) is 0 Å². The molecule has 6 heteroatoms. The Morgan fingerprint density at radius 3 is 3.00 bits per heavy atom. The van der Waals surface area contributed by atoms with Gasteiger partial charge >= 0.3 is 0 Å². The molecule has 22 heavy (non-hydrogen) atoms. The molecule has 3 rings (SSSR count). The summed E-state index contributed by atoms with van der Waals surface area (Å²) in [6, 6.07) is 6.27. The van der Waals surface area contributed by atoms with Crippen LogP contribution in [-0.4, -0.2) is 49.5 Å². The summed E-state index contributed by atoms with van der Waals surface area (Å²) >= 11 is 0. The molecule has 2 N–H and O–H groups in total. The van der Waals surface area contributed by atoms with Gasteiger partial charge in [0.15, 0.2) is 11.5 Å². The first kappa shape index (κ1) is 14.7. The predicted octanol–water partition coefficient (Wildman–Crippen LogP) is 1.44. The van der Waals surface area contributed by atoms with E-state index in [0.717, 1.165) is 30.3 Å². The largest absolute Gasteiger partial charge is 0.454 e. The average molecular weight is 302 g/mol. The molecular formula is C16H22N4O2. The molecule has 0 aromatic heterocycles. The first-order valence-corrected chi connectivity index (χ1v) is 7.57. The number of benzene rings is 1. The quantitative estimate of drug-likeness (QED) is 0.917. The van der Waals surface area contributed by atoms with Gasteiger partial charge in [0.25, 0.3) is 0 Å². The van der Waals surface area contributed by atoms with Crippen molar-refractivity contribution in [2.75, 3.05) is 26.9 Å². The fourth-order valence-corrected chi connectivity index (χ4v) is 2.56. The lowest BCUT2D eigenvalue weighted by atomic mass is 10.1. The third kappa shape index (κ3) is 3.32. The number of ether oxygens (including phenoxy) is 2. The zero-order valence-electron chi connectivity index (χ0n) is 13.1. The maximum atomic E-state index is 5.91. The summed E-state index contributed by atoms with van der Waals surface area (Å²) in [6.07, 6.45) is 1.54. The van der Waals surface area contributed by atoms with Crippen molar-refractivity contribution in [3.05, 3.63) is 23.8 Å². The van der Waals surface area contributed by atoms with Crippen molar-refractivity contribution in [1.29, 1.82) is 0 Å². The lowest BCUT2D eigenvalue weighted by Crippen LogP contribution is -2.32. The van der Waals surface area contributed by atoms with Crippen LogP contribution in [-0.2, 0) is 6.42 Å². The fourth-order valence-electron chi connectivity index (χ4n) is 2.56. The molecule has 1 aromatic rings. The van der Waals surface area contributed by atoms with Crippen LogP contribution < -0.4 is 15.2 Å². The van der Waals surface area contributed by atoms with Gasteiger partial charge in [-0.1, -0.05) is 6.07 Å². The Kier molecular flexibility index (Phi) is 4.18. The molecule has 2 aliphatic rings. The molecule has 0 radical (unpaired) electrons. The Morgan fingerprint density at radius 1 is 1.32 bits per heavy atom. The average Bonchev–Trinajstić information content (AvgIpc) is 2.90. The van der Waals surface area contributed by atoms with Gasteiger partial charge < -0.3 is 20.1 Å². The van der Waals surface area contributed by atoms with Crippen molar-refractivity contribution in [1.82, 2.24) is 4.90 Å². The monoisotopic (exact) mass is 302 g/mol. The van der Waals surface area contributed by atoms with E-state index in [-0.39, 0.29) is 6.04 Å². The Balaban J connectivity index is 1.62. The number of nitrogens with two attached hydrogens (primary N) is 1. The van der Waals surface area contributed by atoms with Crippen molar-refractivity contribution in [2.45, 2.75) is 25.8 Å². The van der Waals surface area contributed by atoms with E-state index in [9.17, 15) is 0 Å². The molecule has 0 spiro atoms. The highest BCUT2D eigenvalue weighted by Gasteiger charge is 2.16. The van der Waals surface area contributed by atoms with Crippen molar-refractivity contribution in [2.24, 2.45) is 15.7 Å². The van der Waals surface area contributed by atoms with E-state index in [1.165, 1.54) is 5.56 Å². The summed E-state index contributed by atoms with van der Waals surface area (Å²) in [5, 5.41) is 0. The molecule has 0 fully saturated rings. The lowest BCUT2D eigenvalue weighted by molar-refractivity contribution is 0.174. The highest BCUT2D eigenvalue weighted by molar-refractivity contribution is 6.02. The third-order valence-corrected chi connectivity index (χ3v) is 3.88. The Morgan fingerprint density at radius 2 is 2.14 bits per heavy atom. The number of fused-ring (bicyclic) bond motifs is 1. The molecule has 0 amide bonds. The number of hydrogen-bond acceptors (Lipinski definition) is 6. The van der Waals surface area contributed by atoms with E-state index in [4.69, 9.17) is 20.2 Å². The van der Waals surface area contributed by atoms with E-state index >= 15 is 0 Å². The molecule has 0 saturated heterocycles. The molecule has 2 aliphatic heterocycles. The maximum Gasteiger partial charge on any atom is 0.231 e. The highest BCUT2D eigenvalue weighted by atomic mass is 16.7. The van der Waals surface area contributed by atoms with Gasteiger partial charge in [-0.2, -0.15) is 0 Å². The van der Waals surface area contributed by atoms with E-state index < -0.39 is 0 Å². The van der Waals surface area contributed by atoms with Crippen LogP contribution in [0.4, 0.5) is 0 Å². The molecule has 0 aliphatic carbocycles. The number of rotatable bonds is 3. The van der Waals surface area contributed by atoms with E-state index in [1.807, 2.05) is 12.1 Å². The summed E-state index contributed by atoms with van der Waals surface area (Å²) in [6.45, 7) is 3.92. The van der Waals surface area contributed by atoms with E-state index in [1.54, 1.807) is 0 Å². The van der Waals surface area contributed by atoms with E-state index in [0.29, 0.717) is 25.6 Å². The zero-order chi connectivity index (χ0) is 15.5. The zero-order valence-corrected chi connectivity index (χ0v) is 13.1. The minimum atomic E-state index is 0.184. The lowest BCUT2D eigenvalue weighted by Gasteiger charge is -2.21. The van der Waals surface area contributed by atoms with Gasteiger partial charge in [-0.25, -0.2) is 0 Å². The van der Waals surface area contributed by atoms with Crippen LogP contribution >= 0.6 is 0 Å². The Hall–Kier alpha value is -2.24. The third-order valence-electron chi connectivity index (χ3n) is 3.88. The summed E-state index contributed by atoms with van der Waals surface area (Å²) in [4.78, 5) is 11.2. The number of likely N-dealkylation sites (N-methyl/N-ethyl adjacent to an activating group) is 1. The normalized spacial score (nSPS) is 20.2. The molecular weight excluding hydrogens is 280 g/mol. The molecule has 1 unspecified atom stereocenters. The van der Waals surface area contributed by atoms with Crippen LogP contribution in [0, 0.1) is 0 Å². The van der Waals surface area contributed by atoms with Gasteiger partial charge in [-0.15, -0.1) is 0 Å². The number of hydrogen-bond donors (Lipinski definition) is 1. The Bertz CT molecular complexity index is 612. The molecule has 118 valence electrons. The number of nitrogens with zero attached hydrogens (tertiary/aromatic N) is 3. The summed E-state index contributed by atoms with van der Waals surface area (Å²) in [7, 11) is 2.05. The SMILES string of the molecule is CC1CN=C(N)CC(N(C)CCc2ccc3c(c2)OCO3)=N1. The van der Waals surface area contributed by atoms with Crippen LogP contribution in [0.3, 0.4) is 0 Å². The van der Waals surface area contributed by atoms with Crippen LogP contribution in [0.15, 0.2) is 28.2 Å². The first-order valence-electron chi connectivity index (χ1n) is 7.57. The number of aliphatic imine (C=N–C) groups is 2. The fraction of sp³-hybridized carbons (Fsp3) is 0.500. The van der Waals surface area contributed by atoms with Crippen LogP contribution in [0.5, 0.6) is 11.5 Å². The highest BCUT2D eigenvalue weighted by Crippen LogP contribution is 2.32. The number of amidine groups is 2. The van der Waals surface area contributed by atoms with Crippen molar-refractivity contribution < 1.29 is 9.47 Å². The molecule has 0 bridgehead atoms. The van der Waals surface area contributed by atoms with Crippen molar-refractivity contribution >= 4 is 11.7 Å². The Labute approximate surface area is 130 Å². The second-order valence-electron chi connectivity index (χ2n) is 5.76. The summed E-state index contributed by atoms with van der Waals surface area (Å²) in [5.41, 5.74) is 7.13. The molecule has 6 nitrogen and oxygen atoms in total. The van der Waals surface area contributed by atoms with Crippen molar-refractivity contribution in [3.8, 4) is 11.5 Å². The second kappa shape index (κ2) is 6.25. The van der Waals surface area contributed by atoms with Gasteiger partial charge in [-0.05, 0) is 31.0 Å². The molecule has 1 aromatic carbocycles. The minimum absolute atomic E-state index is 0.184. The molecule has 0 saturated carbocycles. The summed E-state index contributed by atoms with van der Waals surface area (Å²) < 4.78 is 10.7. The van der Waals surface area contributed by atoms with Crippen molar-refractivity contribution in [3.63, 3.8) is 0 Å². The minimum Gasteiger partial charge on any atom is -0.454 e. The molecule has 2 heterocycles. The van der Waals surface area contributed by atoms with Crippen LogP contribution in [0.25, 0.3) is 0 Å². The van der Waals surface area contributed by atoms with Crippen LogP contribution in [0.1, 0.15) is 18.9 Å². The summed E-state index contributed by atoms with van der Waals surface area (Å²) in [5.74, 6) is 3.32. The van der Waals surface area contributed by atoms with Gasteiger partial charge in [-0.3, -0.25) is 9.98 Å². The van der Waals surface area contributed by atoms with Gasteiger partial charge in [0.2, 0.25) is 6.79 Å². The first-order chi connectivity index (χ1) is 10.6. The van der Waals surface area contributed by atoms with E-state index in [2.05, 4.69) is 29.9 Å². The smallest absolute Gasteiger partial charge is 0.231 e. The van der Waals surface area contributed by atoms with Gasteiger partial charge in [0.05, 0.1) is 19.0 Å². The van der Waals surface area contributed by atoms with Gasteiger partial charge in [0, 0.05) is 13.6 Å². The predicted molar refractivity (Wildman–Crippen MR) is 86.9 cm³/mol. The topological polar surface area (TPSA) is 72.4 Å². The standard InChI is InChI=1S/C16H22N4O2/c1-11-9-18-15(17)8-16(19-11)20(2)6-5-12-3-4-13-14(7-12)22-10-21-13/h3-4,7,11H,5-6,8-10H2,1-2H3,(H2,17,18). The second-order valence-corrected chi connectivity index (χ2v) is 5.76. The molecule has 1 atom stereocenters. The maximum absolute atomic E-state index is 5.91.